The molecule has 1 N–H and O–H groups in total. The molecule has 0 atom stereocenters. The van der Waals surface area contributed by atoms with E-state index in [1.54, 1.807) is 18.2 Å². The molecule has 20 heavy (non-hydrogen) atoms. The third-order valence-corrected chi connectivity index (χ3v) is 3.32. The quantitative estimate of drug-likeness (QED) is 0.909. The molecule has 0 aliphatic heterocycles. The molecule has 0 saturated heterocycles. The topological polar surface area (TPSA) is 46.5 Å². The second-order valence-corrected chi connectivity index (χ2v) is 4.75. The Morgan fingerprint density at radius 1 is 1.20 bits per heavy atom. The predicted octanol–water partition coefficient (Wildman–Crippen LogP) is 4.41. The molecule has 0 unspecified atom stereocenters. The molecule has 3 nitrogen and oxygen atoms in total. The Morgan fingerprint density at radius 2 is 1.85 bits per heavy atom. The fourth-order valence-electron chi connectivity index (χ4n) is 1.61. The molecule has 0 heterocycles. The van der Waals surface area contributed by atoms with Gasteiger partial charge in [-0.05, 0) is 24.3 Å². The second kappa shape index (κ2) is 6.11. The fraction of sp³-hybridized carbons (Fsp3) is 0.0714. The van der Waals surface area contributed by atoms with Gasteiger partial charge >= 0.3 is 5.97 Å². The van der Waals surface area contributed by atoms with Crippen LogP contribution in [-0.4, -0.2) is 11.1 Å². The normalized spacial score (nSPS) is 10.3. The van der Waals surface area contributed by atoms with Crippen LogP contribution in [0.15, 0.2) is 36.4 Å². The van der Waals surface area contributed by atoms with Crippen molar-refractivity contribution in [2.75, 3.05) is 0 Å². The van der Waals surface area contributed by atoms with Gasteiger partial charge in [-0.2, -0.15) is 0 Å². The minimum absolute atomic E-state index is 0.0533. The lowest BCUT2D eigenvalue weighted by molar-refractivity contribution is 0.0691. The van der Waals surface area contributed by atoms with Crippen LogP contribution in [0.5, 0.6) is 5.75 Å². The average molecular weight is 315 g/mol. The Hall–Kier alpha value is -1.78. The molecule has 2 aromatic carbocycles. The molecule has 0 aliphatic rings. The van der Waals surface area contributed by atoms with Crippen molar-refractivity contribution in [1.29, 1.82) is 0 Å². The molecule has 6 heteroatoms. The molecule has 0 spiro atoms. The summed E-state index contributed by atoms with van der Waals surface area (Å²) in [6.07, 6.45) is 0. The predicted molar refractivity (Wildman–Crippen MR) is 74.2 cm³/mol. The number of carbonyl (C=O) groups is 1. The molecular formula is C14H9Cl2FO3. The Labute approximate surface area is 124 Å². The number of rotatable bonds is 4. The molecule has 0 aliphatic carbocycles. The van der Waals surface area contributed by atoms with Gasteiger partial charge in [-0.1, -0.05) is 29.3 Å². The Kier molecular flexibility index (Phi) is 4.47. The molecular weight excluding hydrogens is 306 g/mol. The van der Waals surface area contributed by atoms with Crippen molar-refractivity contribution >= 4 is 29.2 Å². The first-order valence-corrected chi connectivity index (χ1v) is 6.33. The Morgan fingerprint density at radius 3 is 2.45 bits per heavy atom. The smallest absolute Gasteiger partial charge is 0.339 e. The maximum Gasteiger partial charge on any atom is 0.339 e. The van der Waals surface area contributed by atoms with Gasteiger partial charge in [0.15, 0.2) is 0 Å². The number of halogens is 3. The van der Waals surface area contributed by atoms with Gasteiger partial charge in [0.05, 0.1) is 0 Å². The first-order chi connectivity index (χ1) is 9.49. The van der Waals surface area contributed by atoms with Crippen LogP contribution in [0.4, 0.5) is 4.39 Å². The molecule has 0 aromatic heterocycles. The number of hydrogen-bond acceptors (Lipinski definition) is 2. The summed E-state index contributed by atoms with van der Waals surface area (Å²) in [6, 6.07) is 8.15. The molecule has 0 saturated carbocycles. The Bertz CT molecular complexity index is 639. The summed E-state index contributed by atoms with van der Waals surface area (Å²) in [5.74, 6) is -1.87. The van der Waals surface area contributed by atoms with Crippen molar-refractivity contribution in [2.45, 2.75) is 6.61 Å². The number of benzene rings is 2. The number of carboxylic acid groups (broad SMARTS) is 1. The zero-order valence-electron chi connectivity index (χ0n) is 10.1. The van der Waals surface area contributed by atoms with Gasteiger partial charge in [0.25, 0.3) is 0 Å². The van der Waals surface area contributed by atoms with Crippen molar-refractivity contribution in [2.24, 2.45) is 0 Å². The third kappa shape index (κ3) is 3.21. The monoisotopic (exact) mass is 314 g/mol. The summed E-state index contributed by atoms with van der Waals surface area (Å²) >= 11 is 11.9. The number of aromatic carboxylic acids is 1. The van der Waals surface area contributed by atoms with Crippen LogP contribution < -0.4 is 4.74 Å². The number of carboxylic acids is 1. The molecule has 0 amide bonds. The van der Waals surface area contributed by atoms with Crippen LogP contribution in [0.25, 0.3) is 0 Å². The molecule has 0 radical (unpaired) electrons. The summed E-state index contributed by atoms with van der Waals surface area (Å²) in [5, 5.41) is 9.80. The highest BCUT2D eigenvalue weighted by Gasteiger charge is 2.14. The van der Waals surface area contributed by atoms with Crippen molar-refractivity contribution < 1.29 is 19.0 Å². The standard InChI is InChI=1S/C14H9Cl2FO3/c15-11-2-1-3-12(16)10(11)7-20-13-6-8(17)4-5-9(13)14(18)19/h1-6H,7H2,(H,18,19). The molecule has 104 valence electrons. The lowest BCUT2D eigenvalue weighted by Gasteiger charge is -2.11. The van der Waals surface area contributed by atoms with Crippen LogP contribution in [0.2, 0.25) is 10.0 Å². The highest BCUT2D eigenvalue weighted by Crippen LogP contribution is 2.27. The largest absolute Gasteiger partial charge is 0.488 e. The average Bonchev–Trinajstić information content (AvgIpc) is 2.37. The maximum atomic E-state index is 13.2. The van der Waals surface area contributed by atoms with E-state index in [4.69, 9.17) is 33.0 Å². The minimum atomic E-state index is -1.20. The maximum absolute atomic E-state index is 13.2. The fourth-order valence-corrected chi connectivity index (χ4v) is 2.12. The van der Waals surface area contributed by atoms with Gasteiger partial charge in [-0.3, -0.25) is 0 Å². The second-order valence-electron chi connectivity index (χ2n) is 3.93. The van der Waals surface area contributed by atoms with Gasteiger partial charge < -0.3 is 9.84 Å². The van der Waals surface area contributed by atoms with Crippen LogP contribution in [-0.2, 0) is 6.61 Å². The zero-order chi connectivity index (χ0) is 14.7. The SMILES string of the molecule is O=C(O)c1ccc(F)cc1OCc1c(Cl)cccc1Cl. The summed E-state index contributed by atoms with van der Waals surface area (Å²) in [5.41, 5.74) is 0.381. The molecule has 2 aromatic rings. The van der Waals surface area contributed by atoms with E-state index in [1.807, 2.05) is 0 Å². The lowest BCUT2D eigenvalue weighted by atomic mass is 10.2. The highest BCUT2D eigenvalue weighted by atomic mass is 35.5. The van der Waals surface area contributed by atoms with Gasteiger partial charge in [-0.15, -0.1) is 0 Å². The number of ether oxygens (including phenoxy) is 1. The van der Waals surface area contributed by atoms with Crippen molar-refractivity contribution in [3.8, 4) is 5.75 Å². The summed E-state index contributed by atoms with van der Waals surface area (Å²) in [4.78, 5) is 11.0. The van der Waals surface area contributed by atoms with Crippen LogP contribution in [0.1, 0.15) is 15.9 Å². The van der Waals surface area contributed by atoms with E-state index in [0.29, 0.717) is 15.6 Å². The summed E-state index contributed by atoms with van der Waals surface area (Å²) < 4.78 is 18.5. The molecule has 2 rings (SSSR count). The van der Waals surface area contributed by atoms with Crippen LogP contribution >= 0.6 is 23.2 Å². The van der Waals surface area contributed by atoms with E-state index >= 15 is 0 Å². The number of hydrogen-bond donors (Lipinski definition) is 1. The lowest BCUT2D eigenvalue weighted by Crippen LogP contribution is -2.04. The first kappa shape index (κ1) is 14.6. The van der Waals surface area contributed by atoms with Crippen molar-refractivity contribution in [3.05, 3.63) is 63.4 Å². The Balaban J connectivity index is 2.27. The summed E-state index contributed by atoms with van der Waals surface area (Å²) in [7, 11) is 0. The van der Waals surface area contributed by atoms with E-state index < -0.39 is 11.8 Å². The third-order valence-electron chi connectivity index (χ3n) is 2.61. The minimum Gasteiger partial charge on any atom is -0.488 e. The van der Waals surface area contributed by atoms with Crippen molar-refractivity contribution in [3.63, 3.8) is 0 Å². The summed E-state index contributed by atoms with van der Waals surface area (Å²) in [6.45, 7) is -0.0533. The van der Waals surface area contributed by atoms with E-state index in [0.717, 1.165) is 18.2 Å². The first-order valence-electron chi connectivity index (χ1n) is 5.57. The zero-order valence-corrected chi connectivity index (χ0v) is 11.6. The van der Waals surface area contributed by atoms with Gasteiger partial charge in [0.2, 0.25) is 0 Å². The molecule has 0 fully saturated rings. The van der Waals surface area contributed by atoms with E-state index in [9.17, 15) is 9.18 Å². The van der Waals surface area contributed by atoms with Gasteiger partial charge in [0, 0.05) is 21.7 Å². The van der Waals surface area contributed by atoms with Gasteiger partial charge in [-0.25, -0.2) is 9.18 Å². The van der Waals surface area contributed by atoms with Crippen LogP contribution in [0.3, 0.4) is 0 Å². The highest BCUT2D eigenvalue weighted by molar-refractivity contribution is 6.35. The van der Waals surface area contributed by atoms with Crippen LogP contribution in [0, 0.1) is 5.82 Å². The van der Waals surface area contributed by atoms with E-state index in [2.05, 4.69) is 0 Å². The van der Waals surface area contributed by atoms with E-state index in [-0.39, 0.29) is 17.9 Å². The van der Waals surface area contributed by atoms with Crippen molar-refractivity contribution in [1.82, 2.24) is 0 Å². The molecule has 0 bridgehead atoms. The van der Waals surface area contributed by atoms with Gasteiger partial charge in [0.1, 0.15) is 23.7 Å². The van der Waals surface area contributed by atoms with E-state index in [1.165, 1.54) is 0 Å².